The Balaban J connectivity index is 1.12. The minimum atomic E-state index is -4.58. The van der Waals surface area contributed by atoms with Crippen LogP contribution in [0.25, 0.3) is 33.4 Å². The van der Waals surface area contributed by atoms with E-state index < -0.39 is 10.1 Å². The zero-order valence-corrected chi connectivity index (χ0v) is 41.2. The SMILES string of the molecule is Cc1ccccc1N(CCCOCCCSc1ccccc1)c1ccc2c(-c3ccccc3S(=O)(=O)O)c3ccc(=[N+](CCCOCCCSc4ccccc4)c4ccccc4C)cc-3oc2c1. The molecule has 1 heterocycles. The summed E-state index contributed by atoms with van der Waals surface area (Å²) in [5, 5.41) is 1.65. The van der Waals surface area contributed by atoms with Gasteiger partial charge in [0.05, 0.1) is 12.7 Å². The Morgan fingerprint density at radius 2 is 1.21 bits per heavy atom. The lowest BCUT2D eigenvalue weighted by molar-refractivity contribution is 0.133. The largest absolute Gasteiger partial charge is 0.456 e. The molecule has 0 radical (unpaired) electrons. The summed E-state index contributed by atoms with van der Waals surface area (Å²) >= 11 is 3.70. The predicted octanol–water partition coefficient (Wildman–Crippen LogP) is 13.5. The Bertz CT molecular complexity index is 3050. The van der Waals surface area contributed by atoms with Crippen LogP contribution in [0.15, 0.2) is 189 Å². The molecule has 68 heavy (non-hydrogen) atoms. The number of fused-ring (bicyclic) bond motifs is 2. The summed E-state index contributed by atoms with van der Waals surface area (Å²) in [5.74, 6) is 2.59. The maximum Gasteiger partial charge on any atom is 0.295 e. The number of nitrogens with zero attached hydrogens (tertiary/aromatic N) is 2. The van der Waals surface area contributed by atoms with Crippen LogP contribution in [0, 0.1) is 13.8 Å². The van der Waals surface area contributed by atoms with Crippen molar-refractivity contribution in [2.75, 3.05) is 55.9 Å². The number of rotatable bonds is 23. The van der Waals surface area contributed by atoms with Crippen LogP contribution in [-0.2, 0) is 19.6 Å². The van der Waals surface area contributed by atoms with E-state index in [1.807, 2.05) is 72.1 Å². The van der Waals surface area contributed by atoms with Crippen LogP contribution in [0.4, 0.5) is 17.1 Å². The summed E-state index contributed by atoms with van der Waals surface area (Å²) in [6.07, 6.45) is 3.55. The Morgan fingerprint density at radius 1 is 0.603 bits per heavy atom. The van der Waals surface area contributed by atoms with E-state index in [-0.39, 0.29) is 4.90 Å². The predicted molar refractivity (Wildman–Crippen MR) is 282 cm³/mol. The Morgan fingerprint density at radius 3 is 1.88 bits per heavy atom. The average molecular weight is 964 g/mol. The monoisotopic (exact) mass is 963 g/mol. The van der Waals surface area contributed by atoms with Gasteiger partial charge < -0.3 is 18.8 Å². The van der Waals surface area contributed by atoms with E-state index in [2.05, 4.69) is 120 Å². The van der Waals surface area contributed by atoms with Crippen molar-refractivity contribution < 1.29 is 26.9 Å². The number of anilines is 2. The smallest absolute Gasteiger partial charge is 0.295 e. The molecule has 6 aromatic rings. The van der Waals surface area contributed by atoms with Gasteiger partial charge in [-0.15, -0.1) is 23.5 Å². The standard InChI is InChI=1S/C57H58N2O6S3/c1-43-19-9-12-26-52(43)58(33-15-35-63-37-17-39-66-47-21-5-3-6-22-47)45-29-31-49-54(41-45)65-55-42-46(30-32-50(55)57(49)51-25-11-14-28-56(51)68(60,61)62)59(53-27-13-10-20-44(53)2)34-16-36-64-38-18-40-67-48-23-7-4-8-24-48/h3-14,19-32,41-42H,15-18,33-40H2,1-2H3/p+1. The van der Waals surface area contributed by atoms with Crippen molar-refractivity contribution in [3.8, 4) is 22.5 Å². The van der Waals surface area contributed by atoms with Crippen LogP contribution in [-0.4, -0.2) is 64.0 Å². The number of para-hydroxylation sites is 2. The second-order valence-electron chi connectivity index (χ2n) is 16.6. The molecule has 0 atom stereocenters. The van der Waals surface area contributed by atoms with Gasteiger partial charge in [-0.2, -0.15) is 13.0 Å². The van der Waals surface area contributed by atoms with Gasteiger partial charge in [-0.05, 0) is 93.3 Å². The fourth-order valence-electron chi connectivity index (χ4n) is 8.49. The van der Waals surface area contributed by atoms with E-state index in [0.29, 0.717) is 62.0 Å². The highest BCUT2D eigenvalue weighted by Crippen LogP contribution is 2.43. The van der Waals surface area contributed by atoms with Gasteiger partial charge in [-0.1, -0.05) is 91.0 Å². The number of thioether (sulfide) groups is 2. The molecule has 11 heteroatoms. The van der Waals surface area contributed by atoms with Crippen LogP contribution >= 0.6 is 23.5 Å². The Kier molecular flexibility index (Phi) is 17.3. The Hall–Kier alpha value is -5.66. The zero-order chi connectivity index (χ0) is 47.1. The van der Waals surface area contributed by atoms with E-state index in [0.717, 1.165) is 81.7 Å². The van der Waals surface area contributed by atoms with Gasteiger partial charge in [0.15, 0.2) is 6.54 Å². The molecule has 0 saturated heterocycles. The Labute approximate surface area is 409 Å². The summed E-state index contributed by atoms with van der Waals surface area (Å²) in [4.78, 5) is 4.68. The molecular formula is C57H59N2O6S3+. The van der Waals surface area contributed by atoms with Gasteiger partial charge in [0.2, 0.25) is 11.0 Å². The summed E-state index contributed by atoms with van der Waals surface area (Å²) in [6, 6.07) is 56.5. The first-order chi connectivity index (χ1) is 33.2. The van der Waals surface area contributed by atoms with Gasteiger partial charge in [-0.25, -0.2) is 0 Å². The minimum Gasteiger partial charge on any atom is -0.456 e. The molecule has 0 amide bonds. The lowest BCUT2D eigenvalue weighted by Crippen LogP contribution is -2.28. The van der Waals surface area contributed by atoms with Crippen LogP contribution in [0.3, 0.4) is 0 Å². The van der Waals surface area contributed by atoms with Crippen molar-refractivity contribution in [1.29, 1.82) is 0 Å². The molecule has 0 bridgehead atoms. The maximum absolute atomic E-state index is 13.0. The highest BCUT2D eigenvalue weighted by atomic mass is 32.2. The van der Waals surface area contributed by atoms with Crippen molar-refractivity contribution >= 4 is 61.7 Å². The summed E-state index contributed by atoms with van der Waals surface area (Å²) in [5.41, 5.74) is 7.73. The van der Waals surface area contributed by atoms with Crippen molar-refractivity contribution in [2.24, 2.45) is 0 Å². The highest BCUT2D eigenvalue weighted by Gasteiger charge is 2.25. The van der Waals surface area contributed by atoms with Crippen LogP contribution in [0.1, 0.15) is 36.8 Å². The number of aryl methyl sites for hydroxylation is 2. The zero-order valence-electron chi connectivity index (χ0n) is 38.8. The lowest BCUT2D eigenvalue weighted by Gasteiger charge is -2.27. The van der Waals surface area contributed by atoms with Crippen molar-refractivity contribution in [3.05, 3.63) is 186 Å². The molecule has 1 N–H and O–H groups in total. The molecule has 8 nitrogen and oxygen atoms in total. The van der Waals surface area contributed by atoms with Crippen LogP contribution < -0.4 is 14.8 Å². The molecule has 6 aromatic carbocycles. The topological polar surface area (TPSA) is 92.2 Å². The van der Waals surface area contributed by atoms with Crippen molar-refractivity contribution in [3.63, 3.8) is 0 Å². The highest BCUT2D eigenvalue weighted by molar-refractivity contribution is 7.99. The molecule has 0 unspecified atom stereocenters. The molecular weight excluding hydrogens is 905 g/mol. The van der Waals surface area contributed by atoms with Gasteiger partial charge in [-0.3, -0.25) is 4.55 Å². The number of hydrogen-bond donors (Lipinski definition) is 1. The number of benzene rings is 7. The third-order valence-corrected chi connectivity index (χ3v) is 14.9. The third kappa shape index (κ3) is 12.7. The van der Waals surface area contributed by atoms with Crippen LogP contribution in [0.5, 0.6) is 0 Å². The summed E-state index contributed by atoms with van der Waals surface area (Å²) in [6.45, 7) is 8.28. The molecule has 1 aliphatic heterocycles. The third-order valence-electron chi connectivity index (χ3n) is 11.8. The fraction of sp³-hybridized carbons (Fsp3) is 0.246. The first kappa shape index (κ1) is 48.8. The molecule has 2 aliphatic rings. The molecule has 0 aromatic heterocycles. The normalized spacial score (nSPS) is 12.2. The molecule has 1 aliphatic carbocycles. The quantitative estimate of drug-likeness (QED) is 0.0221. The summed E-state index contributed by atoms with van der Waals surface area (Å²) in [7, 11) is -4.58. The van der Waals surface area contributed by atoms with Crippen LogP contribution in [0.2, 0.25) is 0 Å². The summed E-state index contributed by atoms with van der Waals surface area (Å²) < 4.78 is 58.0. The van der Waals surface area contributed by atoms with E-state index in [4.69, 9.17) is 13.9 Å². The first-order valence-electron chi connectivity index (χ1n) is 23.3. The minimum absolute atomic E-state index is 0.164. The van der Waals surface area contributed by atoms with E-state index in [9.17, 15) is 13.0 Å². The van der Waals surface area contributed by atoms with Gasteiger partial charge in [0.1, 0.15) is 16.2 Å². The van der Waals surface area contributed by atoms with E-state index >= 15 is 0 Å². The second kappa shape index (κ2) is 24.1. The van der Waals surface area contributed by atoms with Crippen molar-refractivity contribution in [1.82, 2.24) is 4.58 Å². The fourth-order valence-corrected chi connectivity index (χ4v) is 10.9. The van der Waals surface area contributed by atoms with Gasteiger partial charge in [0, 0.05) is 111 Å². The molecule has 0 fully saturated rings. The number of hydrogen-bond acceptors (Lipinski definition) is 8. The molecule has 0 spiro atoms. The lowest BCUT2D eigenvalue weighted by atomic mass is 9.93. The molecule has 8 rings (SSSR count). The van der Waals surface area contributed by atoms with E-state index in [1.165, 1.54) is 15.9 Å². The average Bonchev–Trinajstić information content (AvgIpc) is 3.35. The first-order valence-corrected chi connectivity index (χ1v) is 26.7. The molecule has 0 saturated carbocycles. The maximum atomic E-state index is 13.0. The second-order valence-corrected chi connectivity index (χ2v) is 20.4. The van der Waals surface area contributed by atoms with E-state index in [1.54, 1.807) is 18.2 Å². The van der Waals surface area contributed by atoms with Gasteiger partial charge in [0.25, 0.3) is 10.1 Å². The van der Waals surface area contributed by atoms with Crippen molar-refractivity contribution in [2.45, 2.75) is 54.2 Å². The number of ether oxygens (including phenoxy) is 2. The van der Waals surface area contributed by atoms with Gasteiger partial charge >= 0.3 is 0 Å². The molecule has 350 valence electrons.